The Labute approximate surface area is 231 Å². The first-order valence-electron chi connectivity index (χ1n) is 13.2. The number of carbonyl (C=O) groups excluding carboxylic acids is 1. The van der Waals surface area contributed by atoms with Crippen molar-refractivity contribution in [3.8, 4) is 11.3 Å². The summed E-state index contributed by atoms with van der Waals surface area (Å²) in [5.41, 5.74) is 6.01. The number of hydrogen-bond donors (Lipinski definition) is 1. The first-order chi connectivity index (χ1) is 18.8. The van der Waals surface area contributed by atoms with E-state index in [9.17, 15) is 14.9 Å². The lowest BCUT2D eigenvalue weighted by Crippen LogP contribution is -2.15. The Morgan fingerprint density at radius 1 is 1.03 bits per heavy atom. The van der Waals surface area contributed by atoms with Crippen LogP contribution in [0.25, 0.3) is 11.3 Å². The van der Waals surface area contributed by atoms with E-state index in [0.29, 0.717) is 33.2 Å². The summed E-state index contributed by atoms with van der Waals surface area (Å²) in [5, 5.41) is 15.2. The molecule has 2 aromatic carbocycles. The van der Waals surface area contributed by atoms with E-state index in [1.165, 1.54) is 17.4 Å². The molecule has 0 atom stereocenters. The van der Waals surface area contributed by atoms with Crippen LogP contribution in [0.15, 0.2) is 57.9 Å². The number of nitro benzene ring substituents is 1. The number of carbonyl (C=O) groups is 1. The number of anilines is 1. The average molecular weight is 542 g/mol. The highest BCUT2D eigenvalue weighted by Gasteiger charge is 2.25. The lowest BCUT2D eigenvalue weighted by molar-refractivity contribution is -0.385. The number of hydrogen-bond acceptors (Lipinski definition) is 6. The number of thiophene rings is 1. The number of aliphatic imine (C=N–C) groups is 1. The molecule has 2 aromatic heterocycles. The van der Waals surface area contributed by atoms with Crippen LogP contribution in [0.1, 0.15) is 68.9 Å². The number of aryl methyl sites for hydroxylation is 3. The summed E-state index contributed by atoms with van der Waals surface area (Å²) in [6, 6.07) is 14.5. The summed E-state index contributed by atoms with van der Waals surface area (Å²) in [4.78, 5) is 30.6. The molecular weight excluding hydrogens is 510 g/mol. The zero-order chi connectivity index (χ0) is 27.5. The third-order valence-electron chi connectivity index (χ3n) is 7.36. The van der Waals surface area contributed by atoms with Crippen LogP contribution in [0.5, 0.6) is 0 Å². The predicted octanol–water partition coefficient (Wildman–Crippen LogP) is 8.50. The highest BCUT2D eigenvalue weighted by atomic mass is 32.1. The fourth-order valence-electron chi connectivity index (χ4n) is 4.96. The van der Waals surface area contributed by atoms with E-state index in [1.54, 1.807) is 48.7 Å². The van der Waals surface area contributed by atoms with Crippen molar-refractivity contribution in [2.75, 3.05) is 5.32 Å². The second-order valence-electron chi connectivity index (χ2n) is 10.0. The molecule has 0 aliphatic heterocycles. The van der Waals surface area contributed by atoms with E-state index in [1.807, 2.05) is 32.0 Å². The van der Waals surface area contributed by atoms with Crippen molar-refractivity contribution in [3.63, 3.8) is 0 Å². The van der Waals surface area contributed by atoms with Crippen LogP contribution in [0, 0.1) is 30.9 Å². The van der Waals surface area contributed by atoms with Crippen molar-refractivity contribution in [1.82, 2.24) is 0 Å². The number of furan rings is 1. The van der Waals surface area contributed by atoms with Gasteiger partial charge in [-0.2, -0.15) is 0 Å². The molecule has 2 heterocycles. The molecule has 0 spiro atoms. The molecule has 0 saturated carbocycles. The summed E-state index contributed by atoms with van der Waals surface area (Å²) in [6.07, 6.45) is 7.98. The fourth-order valence-corrected chi connectivity index (χ4v) is 6.19. The molecule has 1 aliphatic carbocycles. The third kappa shape index (κ3) is 5.71. The molecule has 1 amide bonds. The van der Waals surface area contributed by atoms with Crippen LogP contribution < -0.4 is 5.32 Å². The minimum Gasteiger partial charge on any atom is -0.455 e. The highest BCUT2D eigenvalue weighted by Crippen LogP contribution is 2.39. The lowest BCUT2D eigenvalue weighted by Gasteiger charge is -2.13. The maximum atomic E-state index is 13.7. The van der Waals surface area contributed by atoms with Gasteiger partial charge in [-0.1, -0.05) is 37.1 Å². The van der Waals surface area contributed by atoms with Gasteiger partial charge < -0.3 is 9.73 Å². The van der Waals surface area contributed by atoms with E-state index in [2.05, 4.69) is 5.32 Å². The quantitative estimate of drug-likeness (QED) is 0.150. The van der Waals surface area contributed by atoms with Crippen LogP contribution >= 0.6 is 11.3 Å². The third-order valence-corrected chi connectivity index (χ3v) is 8.56. The van der Waals surface area contributed by atoms with Gasteiger partial charge in [-0.15, -0.1) is 11.3 Å². The number of nitrogens with one attached hydrogen (secondary N) is 1. The van der Waals surface area contributed by atoms with Gasteiger partial charge in [-0.05, 0) is 81.3 Å². The van der Waals surface area contributed by atoms with Crippen LogP contribution in [0.2, 0.25) is 0 Å². The van der Waals surface area contributed by atoms with Crippen molar-refractivity contribution in [2.45, 2.75) is 59.3 Å². The van der Waals surface area contributed by atoms with Gasteiger partial charge in [0.1, 0.15) is 16.5 Å². The van der Waals surface area contributed by atoms with Gasteiger partial charge >= 0.3 is 0 Å². The Morgan fingerprint density at radius 2 is 1.82 bits per heavy atom. The zero-order valence-corrected chi connectivity index (χ0v) is 23.2. The SMILES string of the molecule is Cc1ccc(-c2ccc(C=Nc3sc4c(c3C(=O)Nc3cccc(C)c3C)CCCCCC4)o2)cc1[N+](=O)[O-]. The zero-order valence-electron chi connectivity index (χ0n) is 22.4. The van der Waals surface area contributed by atoms with Crippen LogP contribution in [0.4, 0.5) is 16.4 Å². The number of fused-ring (bicyclic) bond motifs is 1. The molecule has 39 heavy (non-hydrogen) atoms. The summed E-state index contributed by atoms with van der Waals surface area (Å²) in [7, 11) is 0. The van der Waals surface area contributed by atoms with Crippen LogP contribution in [-0.4, -0.2) is 17.0 Å². The van der Waals surface area contributed by atoms with Crippen molar-refractivity contribution in [3.05, 3.63) is 97.1 Å². The summed E-state index contributed by atoms with van der Waals surface area (Å²) in [6.45, 7) is 5.76. The monoisotopic (exact) mass is 541 g/mol. The van der Waals surface area contributed by atoms with Gasteiger partial charge in [-0.3, -0.25) is 14.9 Å². The number of benzene rings is 2. The topological polar surface area (TPSA) is 97.7 Å². The van der Waals surface area contributed by atoms with Crippen molar-refractivity contribution >= 4 is 39.8 Å². The lowest BCUT2D eigenvalue weighted by atomic mass is 9.96. The standard InChI is InChI=1S/C31H31N3O4S/c1-19-9-8-11-25(21(19)3)33-30(35)29-24-10-6-4-5-7-12-28(24)39-31(29)32-18-23-15-16-27(38-23)22-14-13-20(2)26(17-22)34(36)37/h8-9,11,13-18H,4-7,10,12H2,1-3H3,(H,33,35). The maximum absolute atomic E-state index is 13.7. The number of rotatable bonds is 6. The van der Waals surface area contributed by atoms with Gasteiger partial charge in [-0.25, -0.2) is 4.99 Å². The molecule has 4 aromatic rings. The summed E-state index contributed by atoms with van der Waals surface area (Å²) < 4.78 is 5.97. The first-order valence-corrected chi connectivity index (χ1v) is 14.0. The van der Waals surface area contributed by atoms with E-state index in [4.69, 9.17) is 9.41 Å². The van der Waals surface area contributed by atoms with Gasteiger partial charge in [0.15, 0.2) is 0 Å². The second-order valence-corrected chi connectivity index (χ2v) is 11.1. The largest absolute Gasteiger partial charge is 0.455 e. The molecular formula is C31H31N3O4S. The van der Waals surface area contributed by atoms with E-state index < -0.39 is 4.92 Å². The molecule has 0 bridgehead atoms. The number of nitro groups is 1. The molecule has 0 saturated heterocycles. The summed E-state index contributed by atoms with van der Waals surface area (Å²) >= 11 is 1.58. The molecule has 1 N–H and O–H groups in total. The van der Waals surface area contributed by atoms with Crippen molar-refractivity contribution in [2.24, 2.45) is 4.99 Å². The Kier molecular flexibility index (Phi) is 7.74. The first kappa shape index (κ1) is 26.6. The Hall–Kier alpha value is -4.04. The van der Waals surface area contributed by atoms with Crippen molar-refractivity contribution in [1.29, 1.82) is 0 Å². The normalized spacial score (nSPS) is 13.6. The number of nitrogens with zero attached hydrogens (tertiary/aromatic N) is 2. The summed E-state index contributed by atoms with van der Waals surface area (Å²) in [5.74, 6) is 0.891. The number of amides is 1. The minimum atomic E-state index is -0.391. The van der Waals surface area contributed by atoms with Gasteiger partial charge in [0.05, 0.1) is 16.7 Å². The van der Waals surface area contributed by atoms with E-state index in [-0.39, 0.29) is 11.6 Å². The molecule has 0 unspecified atom stereocenters. The van der Waals surface area contributed by atoms with Crippen molar-refractivity contribution < 1.29 is 14.1 Å². The van der Waals surface area contributed by atoms with Crippen LogP contribution in [0.3, 0.4) is 0 Å². The molecule has 7 nitrogen and oxygen atoms in total. The van der Waals surface area contributed by atoms with Gasteiger partial charge in [0.25, 0.3) is 11.6 Å². The Bertz CT molecular complexity index is 1580. The predicted molar refractivity (Wildman–Crippen MR) is 157 cm³/mol. The highest BCUT2D eigenvalue weighted by molar-refractivity contribution is 7.16. The molecule has 1 aliphatic rings. The van der Waals surface area contributed by atoms with E-state index in [0.717, 1.165) is 54.5 Å². The van der Waals surface area contributed by atoms with Gasteiger partial charge in [0.2, 0.25) is 0 Å². The smallest absolute Gasteiger partial charge is 0.273 e. The Morgan fingerprint density at radius 3 is 2.62 bits per heavy atom. The second kappa shape index (κ2) is 11.4. The maximum Gasteiger partial charge on any atom is 0.273 e. The van der Waals surface area contributed by atoms with Gasteiger partial charge in [0, 0.05) is 27.8 Å². The molecule has 8 heteroatoms. The average Bonchev–Trinajstić information content (AvgIpc) is 3.50. The molecule has 200 valence electrons. The molecule has 0 radical (unpaired) electrons. The molecule has 0 fully saturated rings. The van der Waals surface area contributed by atoms with E-state index >= 15 is 0 Å². The van der Waals surface area contributed by atoms with Crippen LogP contribution in [-0.2, 0) is 12.8 Å². The minimum absolute atomic E-state index is 0.0506. The Balaban J connectivity index is 1.47. The molecule has 5 rings (SSSR count). The fraction of sp³-hybridized carbons (Fsp3) is 0.290.